The van der Waals surface area contributed by atoms with Crippen LogP contribution in [0.15, 0.2) is 0 Å². The third kappa shape index (κ3) is 6.36. The average Bonchev–Trinajstić information content (AvgIpc) is 2.22. The Labute approximate surface area is 94.5 Å². The zero-order valence-electron chi connectivity index (χ0n) is 9.26. The number of aliphatic carboxylic acids is 1. The van der Waals surface area contributed by atoms with Crippen molar-refractivity contribution in [2.24, 2.45) is 0 Å². The number of nitrogens with one attached hydrogen (secondary N) is 1. The highest BCUT2D eigenvalue weighted by molar-refractivity contribution is 7.89. The van der Waals surface area contributed by atoms with E-state index in [9.17, 15) is 18.0 Å². The van der Waals surface area contributed by atoms with Crippen LogP contribution in [-0.4, -0.2) is 56.2 Å². The summed E-state index contributed by atoms with van der Waals surface area (Å²) in [5, 5.41) is 8.31. The molecule has 0 heterocycles. The van der Waals surface area contributed by atoms with Gasteiger partial charge in [0.05, 0.1) is 18.7 Å². The topological polar surface area (TPSA) is 104 Å². The van der Waals surface area contributed by atoms with E-state index in [1.165, 1.54) is 4.90 Å². The van der Waals surface area contributed by atoms with E-state index in [-0.39, 0.29) is 12.5 Å². The number of likely N-dealkylation sites (N-methyl/N-ethyl adjacent to an activating group) is 1. The lowest BCUT2D eigenvalue weighted by molar-refractivity contribution is -0.136. The van der Waals surface area contributed by atoms with E-state index in [1.807, 2.05) is 4.72 Å². The van der Waals surface area contributed by atoms with E-state index >= 15 is 0 Å². The summed E-state index contributed by atoms with van der Waals surface area (Å²) >= 11 is 0. The lowest BCUT2D eigenvalue weighted by Crippen LogP contribution is -2.39. The number of carboxylic acids is 1. The molecule has 0 aromatic carbocycles. The van der Waals surface area contributed by atoms with Crippen LogP contribution in [0.3, 0.4) is 0 Å². The molecule has 0 aromatic heterocycles. The normalized spacial score (nSPS) is 11.1. The zero-order valence-corrected chi connectivity index (χ0v) is 10.1. The molecule has 0 aliphatic heterocycles. The van der Waals surface area contributed by atoms with Crippen molar-refractivity contribution >= 4 is 21.9 Å². The molecule has 0 fully saturated rings. The summed E-state index contributed by atoms with van der Waals surface area (Å²) in [4.78, 5) is 22.8. The van der Waals surface area contributed by atoms with E-state index in [2.05, 4.69) is 0 Å². The number of nitrogens with zero attached hydrogens (tertiary/aromatic N) is 1. The van der Waals surface area contributed by atoms with Crippen LogP contribution in [0.2, 0.25) is 0 Å². The van der Waals surface area contributed by atoms with Crippen molar-refractivity contribution in [1.82, 2.24) is 9.62 Å². The van der Waals surface area contributed by atoms with Gasteiger partial charge in [-0.25, -0.2) is 13.1 Å². The molecule has 8 heteroatoms. The number of hydrogen-bond acceptors (Lipinski definition) is 4. The van der Waals surface area contributed by atoms with Gasteiger partial charge in [0.15, 0.2) is 0 Å². The van der Waals surface area contributed by atoms with E-state index in [0.717, 1.165) is 0 Å². The molecule has 0 aliphatic carbocycles. The molecule has 0 unspecified atom stereocenters. The van der Waals surface area contributed by atoms with Crippen LogP contribution in [0, 0.1) is 0 Å². The molecule has 0 saturated carbocycles. The fraction of sp³-hybridized carbons (Fsp3) is 0.750. The van der Waals surface area contributed by atoms with Gasteiger partial charge < -0.3 is 10.0 Å². The number of rotatable bonds is 7. The number of carbonyl (C=O) groups excluding carboxylic acids is 1. The minimum Gasteiger partial charge on any atom is -0.481 e. The molecule has 0 aliphatic rings. The third-order valence-electron chi connectivity index (χ3n) is 1.93. The summed E-state index contributed by atoms with van der Waals surface area (Å²) in [5.74, 6) is -2.07. The van der Waals surface area contributed by atoms with Gasteiger partial charge >= 0.3 is 5.97 Å². The predicted molar refractivity (Wildman–Crippen MR) is 57.4 cm³/mol. The zero-order chi connectivity index (χ0) is 12.8. The van der Waals surface area contributed by atoms with Crippen molar-refractivity contribution in [3.63, 3.8) is 0 Å². The first kappa shape index (κ1) is 14.8. The van der Waals surface area contributed by atoms with Crippen LogP contribution in [0.4, 0.5) is 0 Å². The summed E-state index contributed by atoms with van der Waals surface area (Å²) in [6, 6.07) is 0. The minimum absolute atomic E-state index is 0.341. The Balaban J connectivity index is 4.09. The second-order valence-corrected chi connectivity index (χ2v) is 5.12. The lowest BCUT2D eigenvalue weighted by atomic mass is 10.5. The third-order valence-corrected chi connectivity index (χ3v) is 3.25. The molecule has 1 amide bonds. The van der Waals surface area contributed by atoms with Gasteiger partial charge in [0.2, 0.25) is 15.9 Å². The fourth-order valence-electron chi connectivity index (χ4n) is 0.777. The minimum atomic E-state index is -3.69. The summed E-state index contributed by atoms with van der Waals surface area (Å²) in [6.07, 6.45) is -0.479. The maximum absolute atomic E-state index is 11.2. The molecule has 0 radical (unpaired) electrons. The van der Waals surface area contributed by atoms with Crippen LogP contribution in [-0.2, 0) is 19.6 Å². The van der Waals surface area contributed by atoms with Gasteiger partial charge in [-0.05, 0) is 6.92 Å². The second-order valence-electron chi connectivity index (χ2n) is 3.19. The SMILES string of the molecule is CCN(C)C(=O)CNS(=O)(=O)CCC(=O)O. The Morgan fingerprint density at radius 2 is 1.94 bits per heavy atom. The van der Waals surface area contributed by atoms with Crippen molar-refractivity contribution in [3.8, 4) is 0 Å². The monoisotopic (exact) mass is 252 g/mol. The van der Waals surface area contributed by atoms with Crippen LogP contribution < -0.4 is 4.72 Å². The fourth-order valence-corrected chi connectivity index (χ4v) is 1.71. The van der Waals surface area contributed by atoms with Gasteiger partial charge in [-0.2, -0.15) is 0 Å². The first-order chi connectivity index (χ1) is 7.28. The summed E-state index contributed by atoms with van der Waals surface area (Å²) in [6.45, 7) is 1.90. The van der Waals surface area contributed by atoms with Gasteiger partial charge in [-0.15, -0.1) is 0 Å². The van der Waals surface area contributed by atoms with Gasteiger partial charge in [0.25, 0.3) is 0 Å². The van der Waals surface area contributed by atoms with Gasteiger partial charge in [-0.1, -0.05) is 0 Å². The van der Waals surface area contributed by atoms with Crippen LogP contribution in [0.5, 0.6) is 0 Å². The number of carboxylic acid groups (broad SMARTS) is 1. The van der Waals surface area contributed by atoms with Crippen LogP contribution in [0.25, 0.3) is 0 Å². The highest BCUT2D eigenvalue weighted by Gasteiger charge is 2.15. The first-order valence-corrected chi connectivity index (χ1v) is 6.37. The molecule has 7 nitrogen and oxygen atoms in total. The Hall–Kier alpha value is -1.15. The van der Waals surface area contributed by atoms with Crippen molar-refractivity contribution in [1.29, 1.82) is 0 Å². The van der Waals surface area contributed by atoms with Gasteiger partial charge in [0.1, 0.15) is 0 Å². The number of carbonyl (C=O) groups is 2. The largest absolute Gasteiger partial charge is 0.481 e. The van der Waals surface area contributed by atoms with E-state index in [0.29, 0.717) is 6.54 Å². The molecular weight excluding hydrogens is 236 g/mol. The lowest BCUT2D eigenvalue weighted by Gasteiger charge is -2.14. The summed E-state index contributed by atoms with van der Waals surface area (Å²) in [5.41, 5.74) is 0. The molecule has 0 saturated heterocycles. The Bertz CT molecular complexity index is 351. The molecule has 2 N–H and O–H groups in total. The first-order valence-electron chi connectivity index (χ1n) is 4.71. The summed E-state index contributed by atoms with van der Waals surface area (Å²) in [7, 11) is -2.14. The van der Waals surface area contributed by atoms with Crippen molar-refractivity contribution < 1.29 is 23.1 Å². The molecule has 0 rings (SSSR count). The van der Waals surface area contributed by atoms with E-state index in [4.69, 9.17) is 5.11 Å². The van der Waals surface area contributed by atoms with Crippen molar-refractivity contribution in [2.45, 2.75) is 13.3 Å². The molecule has 0 spiro atoms. The van der Waals surface area contributed by atoms with Crippen molar-refractivity contribution in [3.05, 3.63) is 0 Å². The number of hydrogen-bond donors (Lipinski definition) is 2. The van der Waals surface area contributed by atoms with Gasteiger partial charge in [-0.3, -0.25) is 9.59 Å². The number of amides is 1. The average molecular weight is 252 g/mol. The Morgan fingerprint density at radius 3 is 2.38 bits per heavy atom. The van der Waals surface area contributed by atoms with E-state index in [1.54, 1.807) is 14.0 Å². The number of sulfonamides is 1. The Kier molecular flexibility index (Phi) is 5.97. The van der Waals surface area contributed by atoms with Crippen LogP contribution in [0.1, 0.15) is 13.3 Å². The maximum Gasteiger partial charge on any atom is 0.304 e. The van der Waals surface area contributed by atoms with Crippen molar-refractivity contribution in [2.75, 3.05) is 25.9 Å². The standard InChI is InChI=1S/C8H16N2O5S/c1-3-10(2)7(11)6-9-16(14,15)5-4-8(12)13/h9H,3-6H2,1-2H3,(H,12,13). The molecule has 0 aromatic rings. The molecule has 16 heavy (non-hydrogen) atoms. The van der Waals surface area contributed by atoms with Crippen LogP contribution >= 0.6 is 0 Å². The second kappa shape index (κ2) is 6.44. The maximum atomic E-state index is 11.2. The van der Waals surface area contributed by atoms with E-state index < -0.39 is 28.2 Å². The molecular formula is C8H16N2O5S. The highest BCUT2D eigenvalue weighted by Crippen LogP contribution is 1.90. The summed E-state index contributed by atoms with van der Waals surface area (Å²) < 4.78 is 24.5. The quantitative estimate of drug-likeness (QED) is 0.596. The molecule has 0 bridgehead atoms. The van der Waals surface area contributed by atoms with Gasteiger partial charge in [0, 0.05) is 13.6 Å². The predicted octanol–water partition coefficient (Wildman–Crippen LogP) is -1.14. The smallest absolute Gasteiger partial charge is 0.304 e. The highest BCUT2D eigenvalue weighted by atomic mass is 32.2. The molecule has 94 valence electrons. The Morgan fingerprint density at radius 1 is 1.38 bits per heavy atom. The molecule has 0 atom stereocenters.